The highest BCUT2D eigenvalue weighted by atomic mass is 19.1. The van der Waals surface area contributed by atoms with Crippen LogP contribution >= 0.6 is 0 Å². The van der Waals surface area contributed by atoms with E-state index < -0.39 is 11.9 Å². The highest BCUT2D eigenvalue weighted by molar-refractivity contribution is 5.97. The zero-order valence-corrected chi connectivity index (χ0v) is 16.8. The maximum absolute atomic E-state index is 14.3. The molecule has 0 aliphatic carbocycles. The largest absolute Gasteiger partial charge is 0.300 e. The maximum Gasteiger partial charge on any atom is 0.245 e. The van der Waals surface area contributed by atoms with Crippen molar-refractivity contribution in [3.05, 3.63) is 78.1 Å². The van der Waals surface area contributed by atoms with E-state index in [1.807, 2.05) is 43.4 Å². The molecule has 3 rings (SSSR count). The van der Waals surface area contributed by atoms with Gasteiger partial charge in [-0.3, -0.25) is 19.7 Å². The second-order valence-electron chi connectivity index (χ2n) is 7.02. The number of likely N-dealkylation sites (N-methyl/N-ethyl adjacent to an activating group) is 1. The highest BCUT2D eigenvalue weighted by Gasteiger charge is 2.28. The Morgan fingerprint density at radius 3 is 3.07 bits per heavy atom. The van der Waals surface area contributed by atoms with Crippen LogP contribution in [0.3, 0.4) is 0 Å². The van der Waals surface area contributed by atoms with Crippen molar-refractivity contribution in [3.63, 3.8) is 0 Å². The number of anilines is 1. The van der Waals surface area contributed by atoms with Crippen molar-refractivity contribution in [2.45, 2.75) is 38.9 Å². The van der Waals surface area contributed by atoms with E-state index in [-0.39, 0.29) is 18.1 Å². The molecule has 0 unspecified atom stereocenters. The fraction of sp³-hybridized carbons (Fsp3) is 0.318. The Labute approximate surface area is 170 Å². The van der Waals surface area contributed by atoms with Crippen molar-refractivity contribution in [2.24, 2.45) is 0 Å². The van der Waals surface area contributed by atoms with Gasteiger partial charge in [-0.05, 0) is 37.0 Å². The van der Waals surface area contributed by atoms with Crippen molar-refractivity contribution < 1.29 is 9.18 Å². The summed E-state index contributed by atoms with van der Waals surface area (Å²) in [6.45, 7) is 6.46. The molecular weight excluding hydrogens is 369 g/mol. The van der Waals surface area contributed by atoms with Crippen LogP contribution in [0.15, 0.2) is 61.0 Å². The molecule has 1 amide bonds. The third-order valence-corrected chi connectivity index (χ3v) is 4.82. The molecular formula is C22H26FN5O. The number of allylic oxidation sites excluding steroid dienone is 5. The van der Waals surface area contributed by atoms with E-state index in [9.17, 15) is 9.18 Å². The molecule has 6 nitrogen and oxygen atoms in total. The highest BCUT2D eigenvalue weighted by Crippen LogP contribution is 2.23. The molecule has 0 aromatic carbocycles. The average Bonchev–Trinajstić information content (AvgIpc) is 3.00. The standard InChI is InChI=1S/C22H26FN5O/c1-4-5-6-8-16(2)14-28-15-18(23)20(26-28)13-25-19-11-10-17-9-7-12-24-21(17)27(3)22(19)29/h4-9,12,15,19,25H,2,10-11,13-14H2,1,3H3/b5-4-,8-6-/t19-/m0/s1. The topological polar surface area (TPSA) is 63.1 Å². The maximum atomic E-state index is 14.3. The van der Waals surface area contributed by atoms with Crippen molar-refractivity contribution in [2.75, 3.05) is 11.9 Å². The Hall–Kier alpha value is -3.06. The first-order chi connectivity index (χ1) is 14.0. The van der Waals surface area contributed by atoms with Crippen molar-refractivity contribution >= 4 is 11.7 Å². The molecule has 0 fully saturated rings. The molecule has 3 heterocycles. The lowest BCUT2D eigenvalue weighted by atomic mass is 10.1. The van der Waals surface area contributed by atoms with E-state index in [1.165, 1.54) is 10.9 Å². The molecule has 7 heteroatoms. The predicted octanol–water partition coefficient (Wildman–Crippen LogP) is 3.17. The number of nitrogens with one attached hydrogen (secondary N) is 1. The van der Waals surface area contributed by atoms with Crippen LogP contribution in [-0.2, 0) is 24.3 Å². The lowest BCUT2D eigenvalue weighted by Gasteiger charge is -2.21. The van der Waals surface area contributed by atoms with Crippen LogP contribution in [0, 0.1) is 5.82 Å². The zero-order valence-electron chi connectivity index (χ0n) is 16.8. The normalized spacial score (nSPS) is 17.1. The van der Waals surface area contributed by atoms with Gasteiger partial charge in [0.25, 0.3) is 0 Å². The second kappa shape index (κ2) is 9.43. The average molecular weight is 395 g/mol. The number of aromatic nitrogens is 3. The molecule has 0 saturated heterocycles. The van der Waals surface area contributed by atoms with Crippen LogP contribution in [0.25, 0.3) is 0 Å². The van der Waals surface area contributed by atoms with Crippen LogP contribution in [-0.4, -0.2) is 33.8 Å². The summed E-state index contributed by atoms with van der Waals surface area (Å²) in [4.78, 5) is 18.7. The zero-order chi connectivity index (χ0) is 20.8. The van der Waals surface area contributed by atoms with Gasteiger partial charge in [-0.1, -0.05) is 36.9 Å². The summed E-state index contributed by atoms with van der Waals surface area (Å²) >= 11 is 0. The number of hydrogen-bond acceptors (Lipinski definition) is 4. The minimum absolute atomic E-state index is 0.0789. The Bertz CT molecular complexity index is 946. The molecule has 2 aromatic heterocycles. The van der Waals surface area contributed by atoms with Gasteiger partial charge in [0.2, 0.25) is 5.91 Å². The fourth-order valence-electron chi connectivity index (χ4n) is 3.30. The van der Waals surface area contributed by atoms with Crippen LogP contribution in [0.2, 0.25) is 0 Å². The van der Waals surface area contributed by atoms with Gasteiger partial charge in [0.15, 0.2) is 5.82 Å². The monoisotopic (exact) mass is 395 g/mol. The van der Waals surface area contributed by atoms with Gasteiger partial charge in [-0.15, -0.1) is 0 Å². The summed E-state index contributed by atoms with van der Waals surface area (Å²) in [5, 5.41) is 7.46. The van der Waals surface area contributed by atoms with Gasteiger partial charge in [0, 0.05) is 19.8 Å². The molecule has 0 saturated carbocycles. The Balaban J connectivity index is 1.62. The first-order valence-electron chi connectivity index (χ1n) is 9.63. The summed E-state index contributed by atoms with van der Waals surface area (Å²) in [5.41, 5.74) is 2.13. The van der Waals surface area contributed by atoms with Gasteiger partial charge in [-0.25, -0.2) is 9.37 Å². The van der Waals surface area contributed by atoms with E-state index in [4.69, 9.17) is 0 Å². The number of amides is 1. The molecule has 1 aliphatic heterocycles. The Morgan fingerprint density at radius 2 is 2.28 bits per heavy atom. The van der Waals surface area contributed by atoms with E-state index in [0.29, 0.717) is 18.8 Å². The lowest BCUT2D eigenvalue weighted by Crippen LogP contribution is -2.44. The van der Waals surface area contributed by atoms with E-state index in [2.05, 4.69) is 22.0 Å². The molecule has 1 N–H and O–H groups in total. The third kappa shape index (κ3) is 5.06. The van der Waals surface area contributed by atoms with Crippen LogP contribution in [0.5, 0.6) is 0 Å². The molecule has 0 spiro atoms. The summed E-state index contributed by atoms with van der Waals surface area (Å²) in [6, 6.07) is 3.43. The van der Waals surface area contributed by atoms with Gasteiger partial charge in [-0.2, -0.15) is 5.10 Å². The van der Waals surface area contributed by atoms with Crippen LogP contribution in [0.4, 0.5) is 10.2 Å². The van der Waals surface area contributed by atoms with Crippen molar-refractivity contribution in [3.8, 4) is 0 Å². The molecule has 1 aliphatic rings. The number of carbonyl (C=O) groups excluding carboxylic acids is 1. The van der Waals surface area contributed by atoms with Gasteiger partial charge >= 0.3 is 0 Å². The number of carbonyl (C=O) groups is 1. The van der Waals surface area contributed by atoms with Crippen LogP contribution < -0.4 is 10.2 Å². The van der Waals surface area contributed by atoms with Gasteiger partial charge in [0.05, 0.1) is 18.8 Å². The number of hydrogen-bond donors (Lipinski definition) is 1. The predicted molar refractivity (Wildman–Crippen MR) is 112 cm³/mol. The molecule has 0 radical (unpaired) electrons. The fourth-order valence-corrected chi connectivity index (χ4v) is 3.30. The molecule has 29 heavy (non-hydrogen) atoms. The first-order valence-corrected chi connectivity index (χ1v) is 9.63. The van der Waals surface area contributed by atoms with E-state index in [0.717, 1.165) is 17.6 Å². The van der Waals surface area contributed by atoms with Gasteiger partial charge < -0.3 is 0 Å². The van der Waals surface area contributed by atoms with Crippen LogP contribution in [0.1, 0.15) is 24.6 Å². The lowest BCUT2D eigenvalue weighted by molar-refractivity contribution is -0.120. The first kappa shape index (κ1) is 20.7. The summed E-state index contributed by atoms with van der Waals surface area (Å²) < 4.78 is 15.8. The van der Waals surface area contributed by atoms with E-state index >= 15 is 0 Å². The summed E-state index contributed by atoms with van der Waals surface area (Å²) in [5.74, 6) is 0.202. The molecule has 152 valence electrons. The Morgan fingerprint density at radius 1 is 1.45 bits per heavy atom. The SMILES string of the molecule is C=C(/C=C\C=C/C)Cn1cc(F)c(CN[C@H]2CCc3cccnc3N(C)C2=O)n1. The number of fused-ring (bicyclic) bond motifs is 1. The number of pyridine rings is 1. The smallest absolute Gasteiger partial charge is 0.245 e. The molecule has 2 aromatic rings. The summed E-state index contributed by atoms with van der Waals surface area (Å²) in [7, 11) is 1.72. The molecule has 1 atom stereocenters. The number of halogens is 1. The number of aryl methyl sites for hydroxylation is 1. The van der Waals surface area contributed by atoms with E-state index in [1.54, 1.807) is 18.1 Å². The number of rotatable bonds is 7. The van der Waals surface area contributed by atoms with Gasteiger partial charge in [0.1, 0.15) is 11.5 Å². The third-order valence-electron chi connectivity index (χ3n) is 4.82. The summed E-state index contributed by atoms with van der Waals surface area (Å²) in [6.07, 6.45) is 11.9. The quantitative estimate of drug-likeness (QED) is 0.732. The second-order valence-corrected chi connectivity index (χ2v) is 7.02. The minimum atomic E-state index is -0.419. The Kier molecular flexibility index (Phi) is 6.72. The number of nitrogens with zero attached hydrogens (tertiary/aromatic N) is 4. The van der Waals surface area contributed by atoms with Crippen molar-refractivity contribution in [1.29, 1.82) is 0 Å². The minimum Gasteiger partial charge on any atom is -0.300 e. The van der Waals surface area contributed by atoms with Crippen molar-refractivity contribution in [1.82, 2.24) is 20.1 Å². The molecule has 0 bridgehead atoms.